The lowest BCUT2D eigenvalue weighted by atomic mass is 10.1. The standard InChI is InChI=1S/C22H22N4O4/c1-13-24-17-4-2-3-16(23-11-14-5-7-15(12-27)8-6-14)20(17)22(30)26(13)18-9-10-19(28)25-21(18)29/h2-8,18,23,27H,9-12H2,1H3,(H,25,28,29). The van der Waals surface area contributed by atoms with Gasteiger partial charge in [-0.15, -0.1) is 0 Å². The molecule has 154 valence electrons. The highest BCUT2D eigenvalue weighted by Gasteiger charge is 2.30. The van der Waals surface area contributed by atoms with Gasteiger partial charge in [0.15, 0.2) is 0 Å². The Kier molecular flexibility index (Phi) is 5.33. The number of fused-ring (bicyclic) bond motifs is 1. The number of carbonyl (C=O) groups is 2. The molecule has 1 fully saturated rings. The first-order chi connectivity index (χ1) is 14.5. The molecule has 4 rings (SSSR count). The van der Waals surface area contributed by atoms with E-state index in [0.717, 1.165) is 11.1 Å². The molecule has 2 heterocycles. The van der Waals surface area contributed by atoms with Gasteiger partial charge in [-0.3, -0.25) is 24.3 Å². The van der Waals surface area contributed by atoms with E-state index in [0.29, 0.717) is 29.0 Å². The van der Waals surface area contributed by atoms with Crippen molar-refractivity contribution < 1.29 is 14.7 Å². The quantitative estimate of drug-likeness (QED) is 0.557. The van der Waals surface area contributed by atoms with Gasteiger partial charge in [-0.05, 0) is 36.6 Å². The minimum absolute atomic E-state index is 0.0120. The summed E-state index contributed by atoms with van der Waals surface area (Å²) in [5.41, 5.74) is 2.68. The smallest absolute Gasteiger partial charge is 0.264 e. The van der Waals surface area contributed by atoms with Crippen molar-refractivity contribution in [1.82, 2.24) is 14.9 Å². The Morgan fingerprint density at radius 1 is 1.13 bits per heavy atom. The van der Waals surface area contributed by atoms with Gasteiger partial charge in [-0.2, -0.15) is 0 Å². The number of imide groups is 1. The van der Waals surface area contributed by atoms with Crippen LogP contribution < -0.4 is 16.2 Å². The molecule has 1 aliphatic rings. The molecule has 3 N–H and O–H groups in total. The SMILES string of the molecule is Cc1nc2cccc(NCc3ccc(CO)cc3)c2c(=O)n1C1CCC(=O)NC1=O. The first-order valence-electron chi connectivity index (χ1n) is 9.76. The summed E-state index contributed by atoms with van der Waals surface area (Å²) in [4.78, 5) is 41.7. The lowest BCUT2D eigenvalue weighted by Gasteiger charge is -2.24. The molecule has 1 unspecified atom stereocenters. The molecular weight excluding hydrogens is 384 g/mol. The molecule has 0 bridgehead atoms. The van der Waals surface area contributed by atoms with Gasteiger partial charge in [0.2, 0.25) is 11.8 Å². The molecule has 2 amide bonds. The van der Waals surface area contributed by atoms with Crippen LogP contribution in [0.3, 0.4) is 0 Å². The van der Waals surface area contributed by atoms with Gasteiger partial charge in [-0.25, -0.2) is 4.98 Å². The average Bonchev–Trinajstić information content (AvgIpc) is 2.73. The number of rotatable bonds is 5. The third kappa shape index (κ3) is 3.69. The minimum Gasteiger partial charge on any atom is -0.392 e. The Balaban J connectivity index is 1.71. The fraction of sp³-hybridized carbons (Fsp3) is 0.273. The number of amides is 2. The van der Waals surface area contributed by atoms with Crippen LogP contribution in [-0.2, 0) is 22.7 Å². The van der Waals surface area contributed by atoms with Crippen molar-refractivity contribution in [3.8, 4) is 0 Å². The molecule has 0 aliphatic carbocycles. The predicted molar refractivity (Wildman–Crippen MR) is 112 cm³/mol. The fourth-order valence-electron chi connectivity index (χ4n) is 3.76. The van der Waals surface area contributed by atoms with Crippen molar-refractivity contribution in [1.29, 1.82) is 0 Å². The Labute approximate surface area is 172 Å². The number of anilines is 1. The molecule has 1 aromatic heterocycles. The Morgan fingerprint density at radius 2 is 1.87 bits per heavy atom. The third-order valence-electron chi connectivity index (χ3n) is 5.32. The Hall–Kier alpha value is -3.52. The second-order valence-electron chi connectivity index (χ2n) is 7.33. The first kappa shape index (κ1) is 19.8. The van der Waals surface area contributed by atoms with Crippen molar-refractivity contribution in [3.05, 3.63) is 69.8 Å². The number of hydrogen-bond donors (Lipinski definition) is 3. The van der Waals surface area contributed by atoms with Crippen molar-refractivity contribution in [2.24, 2.45) is 0 Å². The van der Waals surface area contributed by atoms with Crippen molar-refractivity contribution in [2.45, 2.75) is 39.0 Å². The van der Waals surface area contributed by atoms with Crippen LogP contribution in [0.2, 0.25) is 0 Å². The summed E-state index contributed by atoms with van der Waals surface area (Å²) >= 11 is 0. The number of aromatic nitrogens is 2. The van der Waals surface area contributed by atoms with Gasteiger partial charge in [0.25, 0.3) is 5.56 Å². The molecule has 0 spiro atoms. The molecule has 1 aliphatic heterocycles. The van der Waals surface area contributed by atoms with Crippen LogP contribution in [0.4, 0.5) is 5.69 Å². The number of aliphatic hydroxyl groups is 1. The number of nitrogens with zero attached hydrogens (tertiary/aromatic N) is 2. The monoisotopic (exact) mass is 406 g/mol. The van der Waals surface area contributed by atoms with Crippen LogP contribution in [-0.4, -0.2) is 26.5 Å². The van der Waals surface area contributed by atoms with Gasteiger partial charge in [0.1, 0.15) is 11.9 Å². The highest BCUT2D eigenvalue weighted by Crippen LogP contribution is 2.23. The van der Waals surface area contributed by atoms with Crippen LogP contribution in [0.5, 0.6) is 0 Å². The molecule has 1 saturated heterocycles. The molecule has 1 atom stereocenters. The highest BCUT2D eigenvalue weighted by molar-refractivity contribution is 5.99. The van der Waals surface area contributed by atoms with E-state index in [9.17, 15) is 14.4 Å². The van der Waals surface area contributed by atoms with Crippen LogP contribution in [0.25, 0.3) is 10.9 Å². The molecule has 8 heteroatoms. The summed E-state index contributed by atoms with van der Waals surface area (Å²) in [5.74, 6) is -0.379. The Bertz CT molecular complexity index is 1180. The molecule has 8 nitrogen and oxygen atoms in total. The summed E-state index contributed by atoms with van der Waals surface area (Å²) < 4.78 is 1.38. The second kappa shape index (κ2) is 8.08. The lowest BCUT2D eigenvalue weighted by molar-refractivity contribution is -0.135. The maximum Gasteiger partial charge on any atom is 0.264 e. The van der Waals surface area contributed by atoms with E-state index in [4.69, 9.17) is 5.11 Å². The van der Waals surface area contributed by atoms with Crippen LogP contribution in [0.15, 0.2) is 47.3 Å². The zero-order valence-electron chi connectivity index (χ0n) is 16.5. The summed E-state index contributed by atoms with van der Waals surface area (Å²) in [5, 5.41) is 15.2. The van der Waals surface area contributed by atoms with Crippen LogP contribution >= 0.6 is 0 Å². The van der Waals surface area contributed by atoms with Gasteiger partial charge in [-0.1, -0.05) is 30.3 Å². The zero-order chi connectivity index (χ0) is 21.3. The number of hydrogen-bond acceptors (Lipinski definition) is 6. The van der Waals surface area contributed by atoms with E-state index < -0.39 is 11.9 Å². The van der Waals surface area contributed by atoms with E-state index in [1.165, 1.54) is 4.57 Å². The van der Waals surface area contributed by atoms with Gasteiger partial charge in [0.05, 0.1) is 17.5 Å². The van der Waals surface area contributed by atoms with Crippen LogP contribution in [0.1, 0.15) is 35.8 Å². The first-order valence-corrected chi connectivity index (χ1v) is 9.76. The maximum absolute atomic E-state index is 13.4. The molecular formula is C22H22N4O4. The van der Waals surface area contributed by atoms with E-state index in [2.05, 4.69) is 15.6 Å². The average molecular weight is 406 g/mol. The predicted octanol–water partition coefficient (Wildman–Crippen LogP) is 1.79. The summed E-state index contributed by atoms with van der Waals surface area (Å²) in [6, 6.07) is 12.1. The van der Waals surface area contributed by atoms with E-state index in [1.54, 1.807) is 19.1 Å². The number of piperidine rings is 1. The van der Waals surface area contributed by atoms with Gasteiger partial charge >= 0.3 is 0 Å². The fourth-order valence-corrected chi connectivity index (χ4v) is 3.76. The van der Waals surface area contributed by atoms with E-state index in [-0.39, 0.29) is 30.9 Å². The Morgan fingerprint density at radius 3 is 2.57 bits per heavy atom. The molecule has 2 aromatic carbocycles. The number of aryl methyl sites for hydroxylation is 1. The van der Waals surface area contributed by atoms with E-state index in [1.807, 2.05) is 30.3 Å². The summed E-state index contributed by atoms with van der Waals surface area (Å²) in [6.45, 7) is 2.16. The minimum atomic E-state index is -0.758. The van der Waals surface area contributed by atoms with Crippen molar-refractivity contribution >= 4 is 28.4 Å². The zero-order valence-corrected chi connectivity index (χ0v) is 16.5. The molecule has 30 heavy (non-hydrogen) atoms. The van der Waals surface area contributed by atoms with Crippen molar-refractivity contribution in [3.63, 3.8) is 0 Å². The molecule has 0 radical (unpaired) electrons. The highest BCUT2D eigenvalue weighted by atomic mass is 16.3. The number of carbonyl (C=O) groups excluding carboxylic acids is 2. The second-order valence-corrected chi connectivity index (χ2v) is 7.33. The third-order valence-corrected chi connectivity index (χ3v) is 5.32. The van der Waals surface area contributed by atoms with Crippen molar-refractivity contribution in [2.75, 3.05) is 5.32 Å². The number of benzene rings is 2. The largest absolute Gasteiger partial charge is 0.392 e. The normalized spacial score (nSPS) is 16.5. The summed E-state index contributed by atoms with van der Waals surface area (Å²) in [7, 11) is 0. The van der Waals surface area contributed by atoms with Gasteiger partial charge in [0, 0.05) is 18.7 Å². The molecule has 0 saturated carbocycles. The number of aliphatic hydroxyl groups excluding tert-OH is 1. The maximum atomic E-state index is 13.4. The van der Waals surface area contributed by atoms with Gasteiger partial charge < -0.3 is 10.4 Å². The topological polar surface area (TPSA) is 113 Å². The molecule has 3 aromatic rings. The summed E-state index contributed by atoms with van der Waals surface area (Å²) in [6.07, 6.45) is 0.454. The lowest BCUT2D eigenvalue weighted by Crippen LogP contribution is -2.45. The van der Waals surface area contributed by atoms with E-state index >= 15 is 0 Å². The van der Waals surface area contributed by atoms with Crippen LogP contribution in [0, 0.1) is 6.92 Å². The number of nitrogens with one attached hydrogen (secondary N) is 2.